The molecule has 1 aliphatic heterocycles. The lowest BCUT2D eigenvalue weighted by atomic mass is 10.2. The third-order valence-corrected chi connectivity index (χ3v) is 6.91. The van der Waals surface area contributed by atoms with Gasteiger partial charge in [-0.05, 0) is 43.3 Å². The van der Waals surface area contributed by atoms with Crippen molar-refractivity contribution in [1.82, 2.24) is 14.8 Å². The van der Waals surface area contributed by atoms with Crippen LogP contribution in [0.3, 0.4) is 0 Å². The molecule has 0 radical (unpaired) electrons. The number of hydrogen-bond donors (Lipinski definition) is 0. The minimum Gasteiger partial charge on any atom is -0.376 e. The second kappa shape index (κ2) is 9.11. The number of hydrogen-bond acceptors (Lipinski definition) is 6. The van der Waals surface area contributed by atoms with Crippen LogP contribution in [0.4, 0.5) is 5.69 Å². The topological polar surface area (TPSA) is 60.2 Å². The van der Waals surface area contributed by atoms with E-state index in [0.29, 0.717) is 6.54 Å². The van der Waals surface area contributed by atoms with Gasteiger partial charge >= 0.3 is 0 Å². The van der Waals surface area contributed by atoms with Crippen LogP contribution in [-0.4, -0.2) is 45.7 Å². The fourth-order valence-corrected chi connectivity index (χ4v) is 5.05. The van der Waals surface area contributed by atoms with Crippen LogP contribution in [0.1, 0.15) is 19.8 Å². The maximum Gasteiger partial charge on any atom is 0.240 e. The zero-order chi connectivity index (χ0) is 20.2. The predicted octanol–water partition coefficient (Wildman–Crippen LogP) is 4.33. The molecule has 29 heavy (non-hydrogen) atoms. The molecule has 1 amide bonds. The van der Waals surface area contributed by atoms with Crippen molar-refractivity contribution >= 4 is 34.7 Å². The number of amides is 1. The van der Waals surface area contributed by atoms with Crippen LogP contribution in [0, 0.1) is 0 Å². The van der Waals surface area contributed by atoms with Crippen molar-refractivity contribution < 1.29 is 9.53 Å². The highest BCUT2D eigenvalue weighted by Gasteiger charge is 2.26. The quantitative estimate of drug-likeness (QED) is 0.524. The van der Waals surface area contributed by atoms with Gasteiger partial charge < -0.3 is 9.64 Å². The summed E-state index contributed by atoms with van der Waals surface area (Å²) >= 11 is 3.09. The van der Waals surface area contributed by atoms with Gasteiger partial charge in [0.05, 0.1) is 22.8 Å². The smallest absolute Gasteiger partial charge is 0.240 e. The minimum absolute atomic E-state index is 0.0329. The maximum atomic E-state index is 13.0. The van der Waals surface area contributed by atoms with E-state index in [1.165, 1.54) is 11.8 Å². The average Bonchev–Trinajstić information content (AvgIpc) is 3.51. The van der Waals surface area contributed by atoms with Gasteiger partial charge in [0.15, 0.2) is 11.0 Å². The number of benzene rings is 1. The van der Waals surface area contributed by atoms with Crippen LogP contribution < -0.4 is 4.90 Å². The van der Waals surface area contributed by atoms with Crippen LogP contribution in [0.5, 0.6) is 0 Å². The summed E-state index contributed by atoms with van der Waals surface area (Å²) in [5.74, 6) is 0.875. The Labute approximate surface area is 178 Å². The number of carbonyl (C=O) groups is 1. The molecule has 2 aromatic heterocycles. The first kappa shape index (κ1) is 20.1. The summed E-state index contributed by atoms with van der Waals surface area (Å²) in [4.78, 5) is 15.7. The molecule has 0 aliphatic carbocycles. The van der Waals surface area contributed by atoms with E-state index in [2.05, 4.69) is 14.8 Å². The summed E-state index contributed by atoms with van der Waals surface area (Å²) in [6, 6.07) is 13.7. The zero-order valence-electron chi connectivity index (χ0n) is 16.5. The molecule has 3 heterocycles. The maximum absolute atomic E-state index is 13.0. The van der Waals surface area contributed by atoms with E-state index < -0.39 is 0 Å². The monoisotopic (exact) mass is 428 g/mol. The van der Waals surface area contributed by atoms with Crippen molar-refractivity contribution in [2.75, 3.05) is 18.6 Å². The van der Waals surface area contributed by atoms with E-state index >= 15 is 0 Å². The second-order valence-electron chi connectivity index (χ2n) is 7.02. The standard InChI is InChI=1S/C21H24N4O2S2/c1-15(20(26)24(2)16-8-4-3-5-9-16)29-21-23-22-19(18-11-7-13-28-18)25(21)14-17-10-6-12-27-17/h3-5,7-9,11,13,15,17H,6,10,12,14H2,1-2H3. The summed E-state index contributed by atoms with van der Waals surface area (Å²) in [5, 5.41) is 11.4. The minimum atomic E-state index is -0.288. The highest BCUT2D eigenvalue weighted by molar-refractivity contribution is 8.00. The second-order valence-corrected chi connectivity index (χ2v) is 9.28. The number of thiophene rings is 1. The summed E-state index contributed by atoms with van der Waals surface area (Å²) in [5.41, 5.74) is 0.880. The van der Waals surface area contributed by atoms with Crippen molar-refractivity contribution in [1.29, 1.82) is 0 Å². The van der Waals surface area contributed by atoms with Crippen molar-refractivity contribution in [2.24, 2.45) is 0 Å². The number of para-hydroxylation sites is 1. The Bertz CT molecular complexity index is 937. The highest BCUT2D eigenvalue weighted by atomic mass is 32.2. The summed E-state index contributed by atoms with van der Waals surface area (Å²) in [6.45, 7) is 3.43. The Morgan fingerprint density at radius 3 is 2.83 bits per heavy atom. The van der Waals surface area contributed by atoms with Crippen molar-refractivity contribution in [3.8, 4) is 10.7 Å². The SMILES string of the molecule is CC(Sc1nnc(-c2cccs2)n1CC1CCCO1)C(=O)N(C)c1ccccc1. The highest BCUT2D eigenvalue weighted by Crippen LogP contribution is 2.31. The molecule has 152 valence electrons. The molecule has 1 fully saturated rings. The molecule has 4 rings (SSSR count). The summed E-state index contributed by atoms with van der Waals surface area (Å²) in [7, 11) is 1.81. The lowest BCUT2D eigenvalue weighted by Crippen LogP contribution is -2.33. The molecular formula is C21H24N4O2S2. The largest absolute Gasteiger partial charge is 0.376 e. The van der Waals surface area contributed by atoms with Gasteiger partial charge in [-0.15, -0.1) is 21.5 Å². The van der Waals surface area contributed by atoms with E-state index in [-0.39, 0.29) is 17.3 Å². The molecular weight excluding hydrogens is 404 g/mol. The van der Waals surface area contributed by atoms with E-state index in [9.17, 15) is 4.79 Å². The van der Waals surface area contributed by atoms with Gasteiger partial charge in [-0.2, -0.15) is 0 Å². The van der Waals surface area contributed by atoms with Gasteiger partial charge in [-0.25, -0.2) is 0 Å². The number of anilines is 1. The first-order valence-electron chi connectivity index (χ1n) is 9.71. The van der Waals surface area contributed by atoms with E-state index in [1.807, 2.05) is 61.8 Å². The lowest BCUT2D eigenvalue weighted by molar-refractivity contribution is -0.117. The van der Waals surface area contributed by atoms with Crippen molar-refractivity contribution in [3.63, 3.8) is 0 Å². The number of thioether (sulfide) groups is 1. The number of nitrogens with zero attached hydrogens (tertiary/aromatic N) is 4. The van der Waals surface area contributed by atoms with Crippen LogP contribution in [0.2, 0.25) is 0 Å². The first-order valence-corrected chi connectivity index (χ1v) is 11.5. The van der Waals surface area contributed by atoms with Gasteiger partial charge in [-0.3, -0.25) is 9.36 Å². The number of carbonyl (C=O) groups excluding carboxylic acids is 1. The fourth-order valence-electron chi connectivity index (χ4n) is 3.38. The zero-order valence-corrected chi connectivity index (χ0v) is 18.2. The molecule has 8 heteroatoms. The number of ether oxygens (including phenoxy) is 1. The average molecular weight is 429 g/mol. The van der Waals surface area contributed by atoms with Gasteiger partial charge in [0.1, 0.15) is 0 Å². The fraction of sp³-hybridized carbons (Fsp3) is 0.381. The molecule has 6 nitrogen and oxygen atoms in total. The Kier molecular flexibility index (Phi) is 6.32. The molecule has 0 N–H and O–H groups in total. The van der Waals surface area contributed by atoms with Crippen LogP contribution in [0.15, 0.2) is 53.0 Å². The van der Waals surface area contributed by atoms with E-state index in [0.717, 1.165) is 41.0 Å². The number of rotatable bonds is 7. The predicted molar refractivity (Wildman–Crippen MR) is 117 cm³/mol. The normalized spacial score (nSPS) is 17.4. The molecule has 1 aromatic carbocycles. The Hall–Kier alpha value is -2.16. The van der Waals surface area contributed by atoms with Crippen LogP contribution in [0.25, 0.3) is 10.7 Å². The first-order chi connectivity index (χ1) is 14.1. The molecule has 0 bridgehead atoms. The third kappa shape index (κ3) is 4.55. The Balaban J connectivity index is 1.55. The molecule has 1 saturated heterocycles. The third-order valence-electron chi connectivity index (χ3n) is 4.97. The Morgan fingerprint density at radius 1 is 1.31 bits per heavy atom. The van der Waals surface area contributed by atoms with Gasteiger partial charge in [-0.1, -0.05) is 36.0 Å². The molecule has 3 aromatic rings. The van der Waals surface area contributed by atoms with Gasteiger partial charge in [0.25, 0.3) is 0 Å². The Morgan fingerprint density at radius 2 is 2.14 bits per heavy atom. The van der Waals surface area contributed by atoms with Gasteiger partial charge in [0, 0.05) is 19.3 Å². The molecule has 1 aliphatic rings. The molecule has 2 atom stereocenters. The molecule has 2 unspecified atom stereocenters. The summed E-state index contributed by atoms with van der Waals surface area (Å²) < 4.78 is 7.95. The molecule has 0 spiro atoms. The lowest BCUT2D eigenvalue weighted by Gasteiger charge is -2.21. The van der Waals surface area contributed by atoms with Crippen molar-refractivity contribution in [2.45, 2.75) is 42.8 Å². The van der Waals surface area contributed by atoms with Crippen LogP contribution >= 0.6 is 23.1 Å². The van der Waals surface area contributed by atoms with Crippen molar-refractivity contribution in [3.05, 3.63) is 47.8 Å². The van der Waals surface area contributed by atoms with Gasteiger partial charge in [0.2, 0.25) is 5.91 Å². The summed E-state index contributed by atoms with van der Waals surface area (Å²) in [6.07, 6.45) is 2.29. The van der Waals surface area contributed by atoms with E-state index in [4.69, 9.17) is 4.74 Å². The molecule has 0 saturated carbocycles. The van der Waals surface area contributed by atoms with E-state index in [1.54, 1.807) is 16.2 Å². The van der Waals surface area contributed by atoms with Crippen LogP contribution in [-0.2, 0) is 16.1 Å². The number of aromatic nitrogens is 3.